The lowest BCUT2D eigenvalue weighted by molar-refractivity contribution is -0.141. The van der Waals surface area contributed by atoms with Crippen molar-refractivity contribution in [1.82, 2.24) is 20.0 Å². The molecule has 0 amide bonds. The first kappa shape index (κ1) is 15.3. The number of benzene rings is 1. The summed E-state index contributed by atoms with van der Waals surface area (Å²) in [5, 5.41) is 6.34. The molecule has 0 saturated heterocycles. The van der Waals surface area contributed by atoms with E-state index in [0.717, 1.165) is 28.9 Å². The Morgan fingerprint density at radius 3 is 2.52 bits per heavy atom. The van der Waals surface area contributed by atoms with Crippen LogP contribution in [0.25, 0.3) is 16.9 Å². The molecule has 2 aromatic heterocycles. The van der Waals surface area contributed by atoms with Gasteiger partial charge in [-0.2, -0.15) is 17.9 Å². The summed E-state index contributed by atoms with van der Waals surface area (Å²) in [5.74, 6) is -0.932. The Balaban J connectivity index is 2.16. The lowest BCUT2D eigenvalue weighted by Gasteiger charge is -2.07. The van der Waals surface area contributed by atoms with Crippen molar-refractivity contribution in [2.75, 3.05) is 0 Å². The molecule has 0 unspecified atom stereocenters. The van der Waals surface area contributed by atoms with Crippen LogP contribution in [0.15, 0.2) is 30.3 Å². The molecule has 0 radical (unpaired) electrons. The number of halogens is 5. The second-order valence-electron chi connectivity index (χ2n) is 4.48. The van der Waals surface area contributed by atoms with Crippen LogP contribution in [0, 0.1) is 5.82 Å². The summed E-state index contributed by atoms with van der Waals surface area (Å²) in [4.78, 5) is 14.5. The van der Waals surface area contributed by atoms with Crippen LogP contribution >= 0.6 is 11.6 Å². The van der Waals surface area contributed by atoms with Crippen molar-refractivity contribution in [2.45, 2.75) is 6.18 Å². The van der Waals surface area contributed by atoms with Crippen LogP contribution in [-0.2, 0) is 6.18 Å². The zero-order chi connectivity index (χ0) is 16.8. The fourth-order valence-electron chi connectivity index (χ4n) is 1.94. The molecule has 118 valence electrons. The van der Waals surface area contributed by atoms with Gasteiger partial charge in [0, 0.05) is 6.07 Å². The Hall–Kier alpha value is -2.55. The van der Waals surface area contributed by atoms with Crippen LogP contribution in [0.2, 0.25) is 0 Å². The Morgan fingerprint density at radius 1 is 1.17 bits per heavy atom. The predicted molar refractivity (Wildman–Crippen MR) is 71.8 cm³/mol. The number of carbonyl (C=O) groups is 1. The standard InChI is InChI=1S/C13H5ClF4N4O/c14-11(23)7-2-1-6(5-8(7)15)22-12-9(20-21-22)3-4-10(19-12)13(16,17)18/h1-5H. The molecule has 0 fully saturated rings. The molecule has 0 N–H and O–H groups in total. The van der Waals surface area contributed by atoms with E-state index in [4.69, 9.17) is 11.6 Å². The number of alkyl halides is 3. The molecule has 3 aromatic rings. The molecule has 0 spiro atoms. The Kier molecular flexibility index (Phi) is 3.52. The summed E-state index contributed by atoms with van der Waals surface area (Å²) >= 11 is 5.20. The van der Waals surface area contributed by atoms with E-state index < -0.39 is 22.9 Å². The maximum Gasteiger partial charge on any atom is 0.433 e. The number of aromatic nitrogens is 4. The maximum atomic E-state index is 13.8. The summed E-state index contributed by atoms with van der Waals surface area (Å²) in [6.07, 6.45) is -4.64. The van der Waals surface area contributed by atoms with E-state index >= 15 is 0 Å². The summed E-state index contributed by atoms with van der Waals surface area (Å²) in [6, 6.07) is 5.17. The highest BCUT2D eigenvalue weighted by Gasteiger charge is 2.33. The third-order valence-corrected chi connectivity index (χ3v) is 3.20. The summed E-state index contributed by atoms with van der Waals surface area (Å²) in [5.41, 5.74) is -1.51. The molecule has 0 aliphatic heterocycles. The molecule has 10 heteroatoms. The molecule has 0 bridgehead atoms. The van der Waals surface area contributed by atoms with Gasteiger partial charge in [-0.3, -0.25) is 4.79 Å². The normalized spacial score (nSPS) is 11.9. The minimum Gasteiger partial charge on any atom is -0.275 e. The molecule has 0 aliphatic rings. The van der Waals surface area contributed by atoms with Crippen molar-refractivity contribution in [3.8, 4) is 5.69 Å². The molecule has 23 heavy (non-hydrogen) atoms. The van der Waals surface area contributed by atoms with Crippen molar-refractivity contribution in [3.05, 3.63) is 47.4 Å². The van der Waals surface area contributed by atoms with Gasteiger partial charge in [-0.05, 0) is 35.9 Å². The average Bonchev–Trinajstić information content (AvgIpc) is 2.88. The van der Waals surface area contributed by atoms with E-state index in [1.54, 1.807) is 0 Å². The fourth-order valence-corrected chi connectivity index (χ4v) is 2.09. The lowest BCUT2D eigenvalue weighted by Crippen LogP contribution is -2.09. The Morgan fingerprint density at radius 2 is 1.91 bits per heavy atom. The fraction of sp³-hybridized carbons (Fsp3) is 0.0769. The van der Waals surface area contributed by atoms with Crippen LogP contribution in [0.1, 0.15) is 16.1 Å². The SMILES string of the molecule is O=C(Cl)c1ccc(-n2nnc3ccc(C(F)(F)F)nc32)cc1F. The second-order valence-corrected chi connectivity index (χ2v) is 4.82. The Labute approximate surface area is 130 Å². The van der Waals surface area contributed by atoms with Gasteiger partial charge < -0.3 is 0 Å². The number of nitrogens with zero attached hydrogens (tertiary/aromatic N) is 4. The first-order chi connectivity index (χ1) is 10.8. The summed E-state index contributed by atoms with van der Waals surface area (Å²) in [6.45, 7) is 0. The predicted octanol–water partition coefficient (Wildman–Crippen LogP) is 3.35. The van der Waals surface area contributed by atoms with Crippen molar-refractivity contribution < 1.29 is 22.4 Å². The van der Waals surface area contributed by atoms with Gasteiger partial charge in [-0.1, -0.05) is 5.21 Å². The van der Waals surface area contributed by atoms with Crippen LogP contribution in [0.5, 0.6) is 0 Å². The third-order valence-electron chi connectivity index (χ3n) is 3.00. The van der Waals surface area contributed by atoms with Gasteiger partial charge in [0.25, 0.3) is 5.24 Å². The van der Waals surface area contributed by atoms with E-state index in [1.165, 1.54) is 6.07 Å². The smallest absolute Gasteiger partial charge is 0.275 e. The molecular formula is C13H5ClF4N4O. The zero-order valence-corrected chi connectivity index (χ0v) is 11.7. The van der Waals surface area contributed by atoms with E-state index in [9.17, 15) is 22.4 Å². The van der Waals surface area contributed by atoms with E-state index in [0.29, 0.717) is 0 Å². The summed E-state index contributed by atoms with van der Waals surface area (Å²) in [7, 11) is 0. The van der Waals surface area contributed by atoms with E-state index in [2.05, 4.69) is 15.3 Å². The number of hydrogen-bond donors (Lipinski definition) is 0. The first-order valence-electron chi connectivity index (χ1n) is 6.07. The lowest BCUT2D eigenvalue weighted by atomic mass is 10.2. The van der Waals surface area contributed by atoms with Crippen LogP contribution in [-0.4, -0.2) is 25.2 Å². The zero-order valence-electron chi connectivity index (χ0n) is 11.0. The number of hydrogen-bond acceptors (Lipinski definition) is 4. The quantitative estimate of drug-likeness (QED) is 0.528. The van der Waals surface area contributed by atoms with Crippen LogP contribution in [0.4, 0.5) is 17.6 Å². The number of rotatable bonds is 2. The van der Waals surface area contributed by atoms with Gasteiger partial charge in [0.15, 0.2) is 5.65 Å². The first-order valence-corrected chi connectivity index (χ1v) is 6.44. The molecule has 0 atom stereocenters. The Bertz CT molecular complexity index is 922. The van der Waals surface area contributed by atoms with Gasteiger partial charge in [-0.25, -0.2) is 9.37 Å². The van der Waals surface area contributed by atoms with Gasteiger partial charge in [0.1, 0.15) is 17.0 Å². The third kappa shape index (κ3) is 2.74. The van der Waals surface area contributed by atoms with Crippen LogP contribution in [0.3, 0.4) is 0 Å². The van der Waals surface area contributed by atoms with E-state index in [1.807, 2.05) is 0 Å². The molecule has 0 saturated carbocycles. The van der Waals surface area contributed by atoms with Gasteiger partial charge in [0.05, 0.1) is 11.3 Å². The summed E-state index contributed by atoms with van der Waals surface area (Å²) < 4.78 is 52.9. The van der Waals surface area contributed by atoms with Gasteiger partial charge in [0.2, 0.25) is 0 Å². The molecular weight excluding hydrogens is 340 g/mol. The number of pyridine rings is 1. The van der Waals surface area contributed by atoms with Gasteiger partial charge in [-0.15, -0.1) is 5.10 Å². The topological polar surface area (TPSA) is 60.7 Å². The molecule has 5 nitrogen and oxygen atoms in total. The number of fused-ring (bicyclic) bond motifs is 1. The minimum absolute atomic E-state index is 0.0542. The maximum absolute atomic E-state index is 13.8. The average molecular weight is 345 g/mol. The van der Waals surface area contributed by atoms with Crippen molar-refractivity contribution in [2.24, 2.45) is 0 Å². The molecule has 3 rings (SSSR count). The van der Waals surface area contributed by atoms with Gasteiger partial charge >= 0.3 is 6.18 Å². The van der Waals surface area contributed by atoms with Crippen molar-refractivity contribution >= 4 is 28.0 Å². The molecule has 2 heterocycles. The van der Waals surface area contributed by atoms with Crippen LogP contribution < -0.4 is 0 Å². The van der Waals surface area contributed by atoms with Crippen molar-refractivity contribution in [1.29, 1.82) is 0 Å². The van der Waals surface area contributed by atoms with E-state index in [-0.39, 0.29) is 22.4 Å². The van der Waals surface area contributed by atoms with Crippen molar-refractivity contribution in [3.63, 3.8) is 0 Å². The highest BCUT2D eigenvalue weighted by atomic mass is 35.5. The highest BCUT2D eigenvalue weighted by molar-refractivity contribution is 6.67. The highest BCUT2D eigenvalue weighted by Crippen LogP contribution is 2.29. The minimum atomic E-state index is -4.64. The second kappa shape index (κ2) is 5.27. The largest absolute Gasteiger partial charge is 0.433 e. The molecule has 1 aromatic carbocycles. The monoisotopic (exact) mass is 344 g/mol. The number of carbonyl (C=O) groups excluding carboxylic acids is 1. The molecule has 0 aliphatic carbocycles.